The fourth-order valence-corrected chi connectivity index (χ4v) is 8.88. The second kappa shape index (κ2) is 11.8. The molecule has 10 nitrogen and oxygen atoms in total. The van der Waals surface area contributed by atoms with Crippen molar-refractivity contribution in [2.75, 3.05) is 16.9 Å². The summed E-state index contributed by atoms with van der Waals surface area (Å²) in [6.07, 6.45) is 0.554. The van der Waals surface area contributed by atoms with Crippen LogP contribution in [0.3, 0.4) is 0 Å². The highest BCUT2D eigenvalue weighted by atomic mass is 35.5. The number of rotatable bonds is 5. The number of ether oxygens (including phenoxy) is 1. The smallest absolute Gasteiger partial charge is 0.488 e. The second-order valence-electron chi connectivity index (χ2n) is 12.6. The number of phenols is 1. The number of nitrogens with zero attached hydrogens (tertiary/aromatic N) is 2. The van der Waals surface area contributed by atoms with Crippen LogP contribution in [-0.4, -0.2) is 62.8 Å². The number of allylic oxidation sites excluding steroid dienone is 2. The van der Waals surface area contributed by atoms with Gasteiger partial charge in [0.15, 0.2) is 33.0 Å². The Kier molecular flexibility index (Phi) is 8.06. The Hall–Kier alpha value is -4.51. The van der Waals surface area contributed by atoms with Gasteiger partial charge in [0.1, 0.15) is 17.2 Å². The van der Waals surface area contributed by atoms with Crippen molar-refractivity contribution in [3.63, 3.8) is 0 Å². The van der Waals surface area contributed by atoms with E-state index in [-0.39, 0.29) is 39.4 Å². The first-order valence-electron chi connectivity index (χ1n) is 15.2. The molecule has 2 saturated heterocycles. The molecule has 4 aliphatic rings. The molecule has 2 aliphatic carbocycles. The van der Waals surface area contributed by atoms with E-state index in [4.69, 9.17) is 27.9 Å². The van der Waals surface area contributed by atoms with Crippen LogP contribution in [0.15, 0.2) is 54.1 Å². The molecule has 3 fully saturated rings. The fraction of sp³-hybridized carbons (Fsp3) is 0.273. The number of benzene rings is 3. The van der Waals surface area contributed by atoms with Gasteiger partial charge < -0.3 is 19.9 Å². The summed E-state index contributed by atoms with van der Waals surface area (Å²) in [6, 6.07) is 9.17. The van der Waals surface area contributed by atoms with Crippen molar-refractivity contribution in [2.24, 2.45) is 17.8 Å². The average Bonchev–Trinajstić information content (AvgIpc) is 3.44. The molecule has 4 amide bonds. The first kappa shape index (κ1) is 34.9. The third-order valence-electron chi connectivity index (χ3n) is 10.2. The second-order valence-corrected chi connectivity index (χ2v) is 13.8. The number of carbonyl (C=O) groups is 4. The topological polar surface area (TPSA) is 145 Å². The predicted molar refractivity (Wildman–Crippen MR) is 170 cm³/mol. The summed E-state index contributed by atoms with van der Waals surface area (Å²) in [7, 11) is -0.754. The fourth-order valence-electron chi connectivity index (χ4n) is 7.96. The number of alkyl halides is 2. The van der Waals surface area contributed by atoms with Crippen LogP contribution in [0, 0.1) is 46.8 Å². The van der Waals surface area contributed by atoms with Crippen LogP contribution in [0.5, 0.6) is 11.5 Å². The van der Waals surface area contributed by atoms with E-state index in [1.165, 1.54) is 55.7 Å². The van der Waals surface area contributed by atoms with Gasteiger partial charge in [-0.1, -0.05) is 29.8 Å². The highest BCUT2D eigenvalue weighted by Crippen LogP contribution is 2.67. The van der Waals surface area contributed by atoms with Gasteiger partial charge >= 0.3 is 7.12 Å². The molecule has 6 atom stereocenters. The number of hydrogen-bond acceptors (Lipinski definition) is 8. The van der Waals surface area contributed by atoms with Gasteiger partial charge in [0.05, 0.1) is 24.6 Å². The number of aromatic hydroxyl groups is 1. The van der Waals surface area contributed by atoms with Gasteiger partial charge in [-0.15, -0.1) is 23.2 Å². The number of hydrogen-bond donors (Lipinski definition) is 3. The number of fused-ring (bicyclic) bond motifs is 4. The Morgan fingerprint density at radius 2 is 1.47 bits per heavy atom. The molecule has 6 unspecified atom stereocenters. The largest absolute Gasteiger partial charge is 0.508 e. The zero-order valence-electron chi connectivity index (χ0n) is 25.8. The highest BCUT2D eigenvalue weighted by Gasteiger charge is 2.77. The number of amides is 4. The summed E-state index contributed by atoms with van der Waals surface area (Å²) < 4.78 is 78.8. The molecule has 0 bridgehead atoms. The Bertz CT molecular complexity index is 2110. The first-order valence-corrected chi connectivity index (χ1v) is 16.0. The Morgan fingerprint density at radius 1 is 0.843 bits per heavy atom. The number of anilines is 2. The maximum atomic E-state index is 15.2. The van der Waals surface area contributed by atoms with Crippen molar-refractivity contribution in [3.05, 3.63) is 88.8 Å². The molecule has 18 heteroatoms. The van der Waals surface area contributed by atoms with Crippen molar-refractivity contribution in [3.8, 4) is 11.5 Å². The molecule has 3 aromatic rings. The summed E-state index contributed by atoms with van der Waals surface area (Å²) in [5.41, 5.74) is -2.14. The molecule has 264 valence electrons. The van der Waals surface area contributed by atoms with Crippen LogP contribution in [0.1, 0.15) is 24.3 Å². The standard InChI is InChI=1S/C33H22BCl2F5N2O8/c1-51-18-7-3-6-17(44)20(18)21-14-8-9-15-19(29(46)42(28(15)45)13-5-2-4-12(10-13)34(49)50)16(14)11-32(35)30(47)43(31(48)33(21,32)36)27-25(40)23(38)22(37)24(39)26(27)41/h2-8,10,15-16,19,21,44,49-50H,9,11H2,1H3. The summed E-state index contributed by atoms with van der Waals surface area (Å²) in [5, 5.41) is 30.6. The van der Waals surface area contributed by atoms with Crippen LogP contribution in [-0.2, 0) is 19.2 Å². The molecule has 2 aliphatic heterocycles. The predicted octanol–water partition coefficient (Wildman–Crippen LogP) is 3.54. The Labute approximate surface area is 294 Å². The van der Waals surface area contributed by atoms with Gasteiger partial charge in [-0.3, -0.25) is 24.1 Å². The highest BCUT2D eigenvalue weighted by molar-refractivity contribution is 6.59. The van der Waals surface area contributed by atoms with E-state index in [1.54, 1.807) is 0 Å². The van der Waals surface area contributed by atoms with E-state index in [0.717, 1.165) is 4.90 Å². The molecule has 0 aromatic heterocycles. The maximum Gasteiger partial charge on any atom is 0.488 e. The van der Waals surface area contributed by atoms with E-state index in [0.29, 0.717) is 0 Å². The van der Waals surface area contributed by atoms with Gasteiger partial charge in [-0.25, -0.2) is 26.9 Å². The normalized spacial score (nSPS) is 28.5. The van der Waals surface area contributed by atoms with Crippen LogP contribution in [0.4, 0.5) is 33.3 Å². The van der Waals surface area contributed by atoms with E-state index in [9.17, 15) is 47.5 Å². The zero-order chi connectivity index (χ0) is 37.1. The molecular formula is C33H22BCl2F5N2O8. The third kappa shape index (κ3) is 4.49. The van der Waals surface area contributed by atoms with Gasteiger partial charge in [0.2, 0.25) is 17.6 Å². The molecule has 3 aromatic carbocycles. The Balaban J connectivity index is 1.44. The molecule has 7 rings (SSSR count). The van der Waals surface area contributed by atoms with E-state index in [2.05, 4.69) is 0 Å². The number of methoxy groups -OCH3 is 1. The molecule has 51 heavy (non-hydrogen) atoms. The van der Waals surface area contributed by atoms with Crippen molar-refractivity contribution < 1.29 is 61.0 Å². The molecule has 0 radical (unpaired) electrons. The molecule has 0 spiro atoms. The lowest BCUT2D eigenvalue weighted by atomic mass is 9.56. The molecule has 2 heterocycles. The number of phenolic OH excluding ortho intramolecular Hbond substituents is 1. The molecule has 1 saturated carbocycles. The average molecular weight is 751 g/mol. The maximum absolute atomic E-state index is 15.2. The molecule has 3 N–H and O–H groups in total. The minimum absolute atomic E-state index is 0.0156. The minimum Gasteiger partial charge on any atom is -0.508 e. The monoisotopic (exact) mass is 750 g/mol. The van der Waals surface area contributed by atoms with Gasteiger partial charge in [0, 0.05) is 11.5 Å². The minimum atomic E-state index is -2.86. The summed E-state index contributed by atoms with van der Waals surface area (Å²) >= 11 is 14.2. The van der Waals surface area contributed by atoms with Crippen molar-refractivity contribution in [1.29, 1.82) is 0 Å². The van der Waals surface area contributed by atoms with Crippen LogP contribution in [0.2, 0.25) is 0 Å². The lowest BCUT2D eigenvalue weighted by Gasteiger charge is -2.50. The summed E-state index contributed by atoms with van der Waals surface area (Å²) in [6.45, 7) is 0. The third-order valence-corrected chi connectivity index (χ3v) is 11.6. The van der Waals surface area contributed by atoms with Crippen LogP contribution in [0.25, 0.3) is 0 Å². The molecular weight excluding hydrogens is 729 g/mol. The first-order chi connectivity index (χ1) is 24.0. The number of carbonyl (C=O) groups excluding carboxylic acids is 4. The van der Waals surface area contributed by atoms with Crippen molar-refractivity contribution in [1.82, 2.24) is 0 Å². The SMILES string of the molecule is COc1cccc(O)c1C1C2=CCC3C(=O)N(c4cccc(B(O)O)c4)C(=O)C3C2CC2(Cl)C(=O)N(c3c(F)c(F)c(F)c(F)c3F)C(=O)C12Cl. The van der Waals surface area contributed by atoms with Crippen molar-refractivity contribution >= 4 is 70.8 Å². The van der Waals surface area contributed by atoms with E-state index >= 15 is 8.78 Å². The van der Waals surface area contributed by atoms with Crippen LogP contribution >= 0.6 is 23.2 Å². The van der Waals surface area contributed by atoms with E-state index < -0.39 is 111 Å². The van der Waals surface area contributed by atoms with Gasteiger partial charge in [-0.05, 0) is 48.5 Å². The van der Waals surface area contributed by atoms with E-state index in [1.807, 2.05) is 0 Å². The number of halogens is 7. The lowest BCUT2D eigenvalue weighted by molar-refractivity contribution is -0.125. The quantitative estimate of drug-likeness (QED) is 0.0684. The van der Waals surface area contributed by atoms with Gasteiger partial charge in [0.25, 0.3) is 11.8 Å². The summed E-state index contributed by atoms with van der Waals surface area (Å²) in [4.78, 5) is 51.6. The Morgan fingerprint density at radius 3 is 2.10 bits per heavy atom. The summed E-state index contributed by atoms with van der Waals surface area (Å²) in [5.74, 6) is -23.5. The van der Waals surface area contributed by atoms with Gasteiger partial charge in [-0.2, -0.15) is 0 Å². The number of imide groups is 2. The van der Waals surface area contributed by atoms with Crippen molar-refractivity contribution in [2.45, 2.75) is 28.5 Å². The van der Waals surface area contributed by atoms with Crippen LogP contribution < -0.4 is 20.0 Å². The zero-order valence-corrected chi connectivity index (χ0v) is 27.4. The lowest BCUT2D eigenvalue weighted by Crippen LogP contribution is -2.60.